The summed E-state index contributed by atoms with van der Waals surface area (Å²) in [5.41, 5.74) is -0.793. The second-order valence-electron chi connectivity index (χ2n) is 11.2. The van der Waals surface area contributed by atoms with E-state index >= 15 is 0 Å². The zero-order chi connectivity index (χ0) is 24.1. The Kier molecular flexibility index (Phi) is 6.35. The van der Waals surface area contributed by atoms with Gasteiger partial charge in [-0.3, -0.25) is 19.2 Å². The Balaban J connectivity index is 1.51. The standard InChI is InChI=1S/C25H36O8/c1-24-9-8-14(33-21(30)7-6-20(28)29)10-13(24)11-18(26)22-15-4-5-16(23(31)32-3)25(15,2)19(27)12-17(22)24/h13-17,19,22,27H,4-12H2,1-3H3,(H,28,29)/t13-,14+,15+,16-,17-,19-,22-,24-,25-/m0/s1. The van der Waals surface area contributed by atoms with Crippen molar-refractivity contribution < 1.29 is 38.9 Å². The number of carboxylic acid groups (broad SMARTS) is 1. The van der Waals surface area contributed by atoms with E-state index in [-0.39, 0.29) is 65.7 Å². The van der Waals surface area contributed by atoms with E-state index in [0.717, 1.165) is 12.8 Å². The van der Waals surface area contributed by atoms with Crippen LogP contribution in [0.25, 0.3) is 0 Å². The molecule has 0 amide bonds. The first-order chi connectivity index (χ1) is 15.5. The molecule has 9 atom stereocenters. The van der Waals surface area contributed by atoms with Gasteiger partial charge in [0.15, 0.2) is 0 Å². The van der Waals surface area contributed by atoms with Crippen LogP contribution in [0.3, 0.4) is 0 Å². The van der Waals surface area contributed by atoms with Crippen LogP contribution in [0.5, 0.6) is 0 Å². The van der Waals surface area contributed by atoms with Crippen molar-refractivity contribution in [3.05, 3.63) is 0 Å². The number of carboxylic acids is 1. The number of ketones is 1. The van der Waals surface area contributed by atoms with E-state index in [9.17, 15) is 24.3 Å². The third-order valence-electron chi connectivity index (χ3n) is 9.86. The molecular weight excluding hydrogens is 428 g/mol. The molecule has 0 aromatic rings. The lowest BCUT2D eigenvalue weighted by Gasteiger charge is -2.61. The number of hydrogen-bond acceptors (Lipinski definition) is 7. The van der Waals surface area contributed by atoms with Gasteiger partial charge in [-0.15, -0.1) is 0 Å². The fourth-order valence-corrected chi connectivity index (χ4v) is 7.96. The maximum Gasteiger partial charge on any atom is 0.309 e. The Bertz CT molecular complexity index is 838. The fraction of sp³-hybridized carbons (Fsp3) is 0.840. The van der Waals surface area contributed by atoms with E-state index in [0.29, 0.717) is 32.1 Å². The van der Waals surface area contributed by atoms with E-state index in [1.807, 2.05) is 6.92 Å². The number of ether oxygens (including phenoxy) is 2. The second kappa shape index (κ2) is 8.67. The molecule has 4 rings (SSSR count). The molecule has 0 heterocycles. The lowest BCUT2D eigenvalue weighted by molar-refractivity contribution is -0.189. The molecule has 4 saturated carbocycles. The largest absolute Gasteiger partial charge is 0.481 e. The Morgan fingerprint density at radius 1 is 1.06 bits per heavy atom. The molecule has 8 heteroatoms. The number of aliphatic hydroxyl groups is 1. The molecule has 0 bridgehead atoms. The Morgan fingerprint density at radius 2 is 1.79 bits per heavy atom. The Labute approximate surface area is 194 Å². The minimum absolute atomic E-state index is 0.0350. The van der Waals surface area contributed by atoms with E-state index in [1.54, 1.807) is 0 Å². The van der Waals surface area contributed by atoms with Crippen LogP contribution < -0.4 is 0 Å². The summed E-state index contributed by atoms with van der Waals surface area (Å²) in [6.07, 6.45) is 2.97. The number of Topliss-reactive ketones (excluding diaryl/α,β-unsaturated/α-hetero) is 1. The van der Waals surface area contributed by atoms with Crippen LogP contribution in [0.15, 0.2) is 0 Å². The summed E-state index contributed by atoms with van der Waals surface area (Å²) in [6.45, 7) is 4.18. The molecule has 33 heavy (non-hydrogen) atoms. The molecule has 4 aliphatic carbocycles. The van der Waals surface area contributed by atoms with Crippen LogP contribution in [0.1, 0.15) is 71.6 Å². The van der Waals surface area contributed by atoms with Crippen molar-refractivity contribution in [3.63, 3.8) is 0 Å². The molecule has 4 aliphatic rings. The number of hydrogen-bond donors (Lipinski definition) is 2. The highest BCUT2D eigenvalue weighted by Gasteiger charge is 2.66. The third kappa shape index (κ3) is 3.88. The molecular formula is C25H36O8. The number of aliphatic carboxylic acids is 1. The minimum Gasteiger partial charge on any atom is -0.481 e. The quantitative estimate of drug-likeness (QED) is 0.595. The van der Waals surface area contributed by atoms with E-state index in [1.165, 1.54) is 7.11 Å². The molecule has 0 aliphatic heterocycles. The van der Waals surface area contributed by atoms with Crippen molar-refractivity contribution in [1.29, 1.82) is 0 Å². The first-order valence-corrected chi connectivity index (χ1v) is 12.2. The van der Waals surface area contributed by atoms with E-state index < -0.39 is 23.5 Å². The van der Waals surface area contributed by atoms with Crippen molar-refractivity contribution >= 4 is 23.7 Å². The fourth-order valence-electron chi connectivity index (χ4n) is 7.96. The highest BCUT2D eigenvalue weighted by atomic mass is 16.5. The van der Waals surface area contributed by atoms with Crippen LogP contribution in [0, 0.1) is 40.4 Å². The average Bonchev–Trinajstić information content (AvgIpc) is 3.12. The van der Waals surface area contributed by atoms with Crippen molar-refractivity contribution in [1.82, 2.24) is 0 Å². The van der Waals surface area contributed by atoms with Crippen LogP contribution in [0.4, 0.5) is 0 Å². The SMILES string of the molecule is COC(=O)[C@@H]1CC[C@@H]2[C@@H]3C(=O)C[C@@H]4C[C@H](OC(=O)CCC(=O)O)CC[C@]4(C)[C@H]3C[C@H](O)[C@@]21C. The first-order valence-electron chi connectivity index (χ1n) is 12.2. The molecule has 8 nitrogen and oxygen atoms in total. The predicted molar refractivity (Wildman–Crippen MR) is 116 cm³/mol. The lowest BCUT2D eigenvalue weighted by atomic mass is 9.43. The molecule has 0 aromatic carbocycles. The molecule has 0 aromatic heterocycles. The predicted octanol–water partition coefficient (Wildman–Crippen LogP) is 2.74. The van der Waals surface area contributed by atoms with Gasteiger partial charge in [0.25, 0.3) is 0 Å². The van der Waals surface area contributed by atoms with Gasteiger partial charge >= 0.3 is 17.9 Å². The van der Waals surface area contributed by atoms with Gasteiger partial charge in [-0.1, -0.05) is 13.8 Å². The number of methoxy groups -OCH3 is 1. The molecule has 0 radical (unpaired) electrons. The van der Waals surface area contributed by atoms with Crippen molar-refractivity contribution in [2.24, 2.45) is 40.4 Å². The number of carbonyl (C=O) groups excluding carboxylic acids is 3. The summed E-state index contributed by atoms with van der Waals surface area (Å²) >= 11 is 0. The summed E-state index contributed by atoms with van der Waals surface area (Å²) in [4.78, 5) is 48.7. The van der Waals surface area contributed by atoms with Crippen LogP contribution in [-0.2, 0) is 28.7 Å². The lowest BCUT2D eigenvalue weighted by Crippen LogP contribution is -2.61. The van der Waals surface area contributed by atoms with Gasteiger partial charge in [-0.2, -0.15) is 0 Å². The maximum absolute atomic E-state index is 13.5. The Hall–Kier alpha value is -1.96. The molecule has 184 valence electrons. The molecule has 0 saturated heterocycles. The number of aliphatic hydroxyl groups excluding tert-OH is 1. The van der Waals surface area contributed by atoms with E-state index in [4.69, 9.17) is 14.6 Å². The maximum atomic E-state index is 13.5. The smallest absolute Gasteiger partial charge is 0.309 e. The van der Waals surface area contributed by atoms with Crippen LogP contribution in [-0.4, -0.2) is 53.2 Å². The normalized spacial score (nSPS) is 44.2. The van der Waals surface area contributed by atoms with Gasteiger partial charge in [0.05, 0.1) is 32.0 Å². The first kappa shape index (κ1) is 24.2. The summed E-state index contributed by atoms with van der Waals surface area (Å²) in [6, 6.07) is 0. The number of fused-ring (bicyclic) bond motifs is 5. The number of carbonyl (C=O) groups is 4. The van der Waals surface area contributed by atoms with Crippen molar-refractivity contribution in [2.75, 3.05) is 7.11 Å². The van der Waals surface area contributed by atoms with Crippen molar-refractivity contribution in [3.8, 4) is 0 Å². The second-order valence-corrected chi connectivity index (χ2v) is 11.2. The van der Waals surface area contributed by atoms with Gasteiger partial charge in [0.1, 0.15) is 11.9 Å². The summed E-state index contributed by atoms with van der Waals surface area (Å²) in [5.74, 6) is -2.11. The Morgan fingerprint density at radius 3 is 2.45 bits per heavy atom. The zero-order valence-corrected chi connectivity index (χ0v) is 19.7. The van der Waals surface area contributed by atoms with Gasteiger partial charge in [-0.25, -0.2) is 0 Å². The highest BCUT2D eigenvalue weighted by Crippen LogP contribution is 2.66. The molecule has 0 spiro atoms. The number of esters is 2. The van der Waals surface area contributed by atoms with Crippen LogP contribution in [0.2, 0.25) is 0 Å². The van der Waals surface area contributed by atoms with E-state index in [2.05, 4.69) is 6.92 Å². The monoisotopic (exact) mass is 464 g/mol. The van der Waals surface area contributed by atoms with Crippen molar-refractivity contribution in [2.45, 2.75) is 83.8 Å². The van der Waals surface area contributed by atoms with Gasteiger partial charge in [0.2, 0.25) is 0 Å². The molecule has 4 fully saturated rings. The molecule has 0 unspecified atom stereocenters. The molecule has 2 N–H and O–H groups in total. The highest BCUT2D eigenvalue weighted by molar-refractivity contribution is 5.84. The summed E-state index contributed by atoms with van der Waals surface area (Å²) in [7, 11) is 1.38. The summed E-state index contributed by atoms with van der Waals surface area (Å²) in [5, 5.41) is 20.1. The minimum atomic E-state index is -1.03. The van der Waals surface area contributed by atoms with Gasteiger partial charge in [0, 0.05) is 17.8 Å². The third-order valence-corrected chi connectivity index (χ3v) is 9.86. The zero-order valence-electron chi connectivity index (χ0n) is 19.7. The topological polar surface area (TPSA) is 127 Å². The van der Waals surface area contributed by atoms with Gasteiger partial charge in [-0.05, 0) is 61.7 Å². The average molecular weight is 465 g/mol. The van der Waals surface area contributed by atoms with Crippen LogP contribution >= 0.6 is 0 Å². The summed E-state index contributed by atoms with van der Waals surface area (Å²) < 4.78 is 10.6. The van der Waals surface area contributed by atoms with Gasteiger partial charge < -0.3 is 19.7 Å². The number of rotatable bonds is 5.